The first-order chi connectivity index (χ1) is 15.3. The minimum atomic E-state index is -3.99. The third-order valence-corrected chi connectivity index (χ3v) is 5.36. The van der Waals surface area contributed by atoms with Crippen molar-refractivity contribution in [1.82, 2.24) is 5.32 Å². The van der Waals surface area contributed by atoms with Gasteiger partial charge in [0.1, 0.15) is 18.2 Å². The summed E-state index contributed by atoms with van der Waals surface area (Å²) in [5.41, 5.74) is 0.0142. The average molecular weight is 488 g/mol. The van der Waals surface area contributed by atoms with Gasteiger partial charge in [-0.05, 0) is 26.3 Å². The Hall–Kier alpha value is -2.05. The fourth-order valence-electron chi connectivity index (χ4n) is 3.25. The summed E-state index contributed by atoms with van der Waals surface area (Å²) in [6.07, 6.45) is -3.65. The number of nitrogens with one attached hydrogen (secondary N) is 1. The number of benzene rings is 1. The standard InChI is InChI=1S/C22H33NO9S/c1-14(24)23-17-19(31-21(25)22(2,3)4)18(32-33(6,26)27)16(30-20(17)28-5)13-29-12-15-10-8-7-9-11-15/h7-11,16-20H,12-13H2,1-6H3,(H,23,24)/t16-,17-,18+,19-,20+/m1/s1. The number of hydrogen-bond acceptors (Lipinski definition) is 9. The molecule has 0 radical (unpaired) electrons. The molecule has 10 nitrogen and oxygen atoms in total. The molecule has 1 aliphatic heterocycles. The van der Waals surface area contributed by atoms with E-state index >= 15 is 0 Å². The van der Waals surface area contributed by atoms with E-state index in [-0.39, 0.29) is 13.2 Å². The van der Waals surface area contributed by atoms with Crippen molar-refractivity contribution in [3.63, 3.8) is 0 Å². The molecule has 0 bridgehead atoms. The van der Waals surface area contributed by atoms with Crippen LogP contribution < -0.4 is 5.32 Å². The topological polar surface area (TPSA) is 126 Å². The van der Waals surface area contributed by atoms with Crippen molar-refractivity contribution in [2.24, 2.45) is 5.41 Å². The number of methoxy groups -OCH3 is 1. The molecule has 1 aromatic rings. The molecular formula is C22H33NO9S. The highest BCUT2D eigenvalue weighted by Crippen LogP contribution is 2.30. The zero-order valence-electron chi connectivity index (χ0n) is 19.8. The fourth-order valence-corrected chi connectivity index (χ4v) is 3.89. The van der Waals surface area contributed by atoms with Crippen molar-refractivity contribution >= 4 is 22.0 Å². The lowest BCUT2D eigenvalue weighted by Crippen LogP contribution is -2.66. The first kappa shape index (κ1) is 27.2. The Morgan fingerprint density at radius 2 is 1.76 bits per heavy atom. The molecule has 0 spiro atoms. The van der Waals surface area contributed by atoms with Crippen molar-refractivity contribution in [1.29, 1.82) is 0 Å². The van der Waals surface area contributed by atoms with Gasteiger partial charge < -0.3 is 24.3 Å². The molecule has 0 saturated carbocycles. The van der Waals surface area contributed by atoms with Gasteiger partial charge in [0, 0.05) is 14.0 Å². The van der Waals surface area contributed by atoms with Crippen molar-refractivity contribution in [2.45, 2.75) is 64.9 Å². The van der Waals surface area contributed by atoms with E-state index < -0.39 is 58.1 Å². The number of rotatable bonds is 9. The van der Waals surface area contributed by atoms with E-state index in [1.54, 1.807) is 20.8 Å². The van der Waals surface area contributed by atoms with E-state index in [1.165, 1.54) is 14.0 Å². The van der Waals surface area contributed by atoms with Gasteiger partial charge in [-0.25, -0.2) is 0 Å². The lowest BCUT2D eigenvalue weighted by molar-refractivity contribution is -0.266. The molecule has 33 heavy (non-hydrogen) atoms. The third kappa shape index (κ3) is 8.35. The highest BCUT2D eigenvalue weighted by Gasteiger charge is 2.51. The molecule has 1 heterocycles. The highest BCUT2D eigenvalue weighted by molar-refractivity contribution is 7.86. The Labute approximate surface area is 195 Å². The molecular weight excluding hydrogens is 454 g/mol. The molecule has 0 aliphatic carbocycles. The van der Waals surface area contributed by atoms with Crippen LogP contribution in [0.15, 0.2) is 30.3 Å². The molecule has 0 aromatic heterocycles. The van der Waals surface area contributed by atoms with Crippen LogP contribution in [-0.4, -0.2) is 70.9 Å². The summed E-state index contributed by atoms with van der Waals surface area (Å²) in [7, 11) is -2.63. The number of amides is 1. The lowest BCUT2D eigenvalue weighted by Gasteiger charge is -2.45. The van der Waals surface area contributed by atoms with E-state index in [2.05, 4.69) is 5.32 Å². The van der Waals surface area contributed by atoms with Crippen molar-refractivity contribution in [3.05, 3.63) is 35.9 Å². The van der Waals surface area contributed by atoms with Crippen LogP contribution in [0.25, 0.3) is 0 Å². The molecule has 186 valence electrons. The zero-order chi connectivity index (χ0) is 24.8. The van der Waals surface area contributed by atoms with Crippen LogP contribution in [0.4, 0.5) is 0 Å². The van der Waals surface area contributed by atoms with Crippen LogP contribution in [0.5, 0.6) is 0 Å². The molecule has 1 N–H and O–H groups in total. The van der Waals surface area contributed by atoms with Crippen molar-refractivity contribution < 1.29 is 41.1 Å². The summed E-state index contributed by atoms with van der Waals surface area (Å²) in [6, 6.07) is 8.36. The minimum Gasteiger partial charge on any atom is -0.457 e. The fraction of sp³-hybridized carbons (Fsp3) is 0.636. The van der Waals surface area contributed by atoms with Gasteiger partial charge in [-0.2, -0.15) is 8.42 Å². The Morgan fingerprint density at radius 1 is 1.12 bits per heavy atom. The smallest absolute Gasteiger partial charge is 0.311 e. The minimum absolute atomic E-state index is 0.0781. The predicted molar refractivity (Wildman–Crippen MR) is 118 cm³/mol. The first-order valence-corrected chi connectivity index (χ1v) is 12.3. The van der Waals surface area contributed by atoms with E-state index in [1.807, 2.05) is 30.3 Å². The maximum absolute atomic E-state index is 12.7. The number of hydrogen-bond donors (Lipinski definition) is 1. The molecule has 1 amide bonds. The zero-order valence-corrected chi connectivity index (χ0v) is 20.6. The van der Waals surface area contributed by atoms with E-state index in [0.717, 1.165) is 11.8 Å². The summed E-state index contributed by atoms with van der Waals surface area (Å²) in [5, 5.41) is 2.63. The SMILES string of the molecule is CO[C@H]1O[C@H](COCc2ccccc2)[C@H](OS(C)(=O)=O)[C@H](OC(=O)C(C)(C)C)[C@H]1NC(C)=O. The Balaban J connectivity index is 2.35. The summed E-state index contributed by atoms with van der Waals surface area (Å²) in [4.78, 5) is 24.6. The average Bonchev–Trinajstić information content (AvgIpc) is 2.70. The van der Waals surface area contributed by atoms with Crippen molar-refractivity contribution in [3.8, 4) is 0 Å². The second-order valence-electron chi connectivity index (χ2n) is 8.89. The van der Waals surface area contributed by atoms with Crippen LogP contribution in [0, 0.1) is 5.41 Å². The molecule has 2 rings (SSSR count). The monoisotopic (exact) mass is 487 g/mol. The molecule has 0 unspecified atom stereocenters. The molecule has 5 atom stereocenters. The van der Waals surface area contributed by atoms with Gasteiger partial charge in [-0.15, -0.1) is 0 Å². The maximum Gasteiger partial charge on any atom is 0.311 e. The van der Waals surface area contributed by atoms with E-state index in [4.69, 9.17) is 23.1 Å². The van der Waals surface area contributed by atoms with Crippen LogP contribution >= 0.6 is 0 Å². The van der Waals surface area contributed by atoms with Crippen molar-refractivity contribution in [2.75, 3.05) is 20.0 Å². The third-order valence-electron chi connectivity index (χ3n) is 4.78. The second kappa shape index (κ2) is 11.4. The van der Waals surface area contributed by atoms with Gasteiger partial charge in [0.15, 0.2) is 12.4 Å². The normalized spacial score (nSPS) is 25.9. The first-order valence-electron chi connectivity index (χ1n) is 10.5. The molecule has 1 saturated heterocycles. The lowest BCUT2D eigenvalue weighted by atomic mass is 9.94. The Kier molecular flexibility index (Phi) is 9.38. The largest absolute Gasteiger partial charge is 0.457 e. The summed E-state index contributed by atoms with van der Waals surface area (Å²) in [5.74, 6) is -1.05. The number of carbonyl (C=O) groups excluding carboxylic acids is 2. The van der Waals surface area contributed by atoms with Crippen LogP contribution in [0.3, 0.4) is 0 Å². The number of carbonyl (C=O) groups is 2. The number of esters is 1. The summed E-state index contributed by atoms with van der Waals surface area (Å²) in [6.45, 7) is 6.40. The van der Waals surface area contributed by atoms with Crippen LogP contribution in [-0.2, 0) is 49.4 Å². The van der Waals surface area contributed by atoms with Gasteiger partial charge in [-0.1, -0.05) is 30.3 Å². The van der Waals surface area contributed by atoms with Crippen LogP contribution in [0.2, 0.25) is 0 Å². The Morgan fingerprint density at radius 3 is 2.27 bits per heavy atom. The molecule has 1 fully saturated rings. The van der Waals surface area contributed by atoms with Gasteiger partial charge in [-0.3, -0.25) is 13.8 Å². The quantitative estimate of drug-likeness (QED) is 0.406. The predicted octanol–water partition coefficient (Wildman–Crippen LogP) is 1.38. The van der Waals surface area contributed by atoms with Gasteiger partial charge >= 0.3 is 5.97 Å². The van der Waals surface area contributed by atoms with E-state index in [9.17, 15) is 18.0 Å². The summed E-state index contributed by atoms with van der Waals surface area (Å²) < 4.78 is 52.2. The van der Waals surface area contributed by atoms with Gasteiger partial charge in [0.2, 0.25) is 5.91 Å². The molecule has 1 aliphatic rings. The molecule has 1 aromatic carbocycles. The molecule has 11 heteroatoms. The van der Waals surface area contributed by atoms with E-state index in [0.29, 0.717) is 0 Å². The Bertz CT molecular complexity index is 898. The maximum atomic E-state index is 12.7. The number of ether oxygens (including phenoxy) is 4. The van der Waals surface area contributed by atoms with Crippen LogP contribution in [0.1, 0.15) is 33.3 Å². The van der Waals surface area contributed by atoms with Gasteiger partial charge in [0.25, 0.3) is 10.1 Å². The summed E-state index contributed by atoms with van der Waals surface area (Å²) >= 11 is 0. The van der Waals surface area contributed by atoms with Gasteiger partial charge in [0.05, 0.1) is 24.9 Å². The second-order valence-corrected chi connectivity index (χ2v) is 10.5. The highest BCUT2D eigenvalue weighted by atomic mass is 32.2.